The largest absolute Gasteiger partial charge is 0.439 e. The molecule has 0 unspecified atom stereocenters. The minimum atomic E-state index is -3.38. The highest BCUT2D eigenvalue weighted by Crippen LogP contribution is 2.22. The van der Waals surface area contributed by atoms with E-state index in [1.807, 2.05) is 35.2 Å². The van der Waals surface area contributed by atoms with Gasteiger partial charge in [-0.1, -0.05) is 30.3 Å². The van der Waals surface area contributed by atoms with Crippen molar-refractivity contribution >= 4 is 16.0 Å². The van der Waals surface area contributed by atoms with Crippen LogP contribution in [0.5, 0.6) is 11.6 Å². The number of hydrogen-bond acceptors (Lipinski definition) is 6. The van der Waals surface area contributed by atoms with E-state index < -0.39 is 10.0 Å². The standard InChI is InChI=1S/C21H21FN4O3S/c22-18-6-8-19(9-7-18)29-20-10-11-23-21(24-20)25-12-14-26(15-13-25)30(27,28)16-17-4-2-1-3-5-17/h1-11H,12-16H2. The third kappa shape index (κ3) is 4.92. The first-order valence-electron chi connectivity index (χ1n) is 9.53. The highest BCUT2D eigenvalue weighted by atomic mass is 32.2. The quantitative estimate of drug-likeness (QED) is 0.601. The Morgan fingerprint density at radius 1 is 0.933 bits per heavy atom. The fourth-order valence-corrected chi connectivity index (χ4v) is 4.72. The Labute approximate surface area is 174 Å². The summed E-state index contributed by atoms with van der Waals surface area (Å²) >= 11 is 0. The first kappa shape index (κ1) is 20.2. The van der Waals surface area contributed by atoms with Gasteiger partial charge in [0.2, 0.25) is 21.9 Å². The molecule has 156 valence electrons. The van der Waals surface area contributed by atoms with Gasteiger partial charge >= 0.3 is 0 Å². The average molecular weight is 428 g/mol. The number of hydrogen-bond donors (Lipinski definition) is 0. The van der Waals surface area contributed by atoms with E-state index in [1.165, 1.54) is 28.6 Å². The van der Waals surface area contributed by atoms with Crippen LogP contribution in [0.15, 0.2) is 66.9 Å². The van der Waals surface area contributed by atoms with E-state index in [-0.39, 0.29) is 11.6 Å². The maximum absolute atomic E-state index is 13.0. The van der Waals surface area contributed by atoms with Crippen LogP contribution in [-0.2, 0) is 15.8 Å². The van der Waals surface area contributed by atoms with E-state index in [0.717, 1.165) is 5.56 Å². The molecule has 0 aliphatic carbocycles. The summed E-state index contributed by atoms with van der Waals surface area (Å²) in [6, 6.07) is 16.4. The monoisotopic (exact) mass is 428 g/mol. The van der Waals surface area contributed by atoms with Gasteiger partial charge in [-0.05, 0) is 29.8 Å². The lowest BCUT2D eigenvalue weighted by Gasteiger charge is -2.34. The highest BCUT2D eigenvalue weighted by molar-refractivity contribution is 7.88. The summed E-state index contributed by atoms with van der Waals surface area (Å²) in [7, 11) is -3.38. The molecular formula is C21H21FN4O3S. The lowest BCUT2D eigenvalue weighted by Crippen LogP contribution is -2.49. The molecular weight excluding hydrogens is 407 g/mol. The topological polar surface area (TPSA) is 75.6 Å². The van der Waals surface area contributed by atoms with Crippen LogP contribution in [0.25, 0.3) is 0 Å². The van der Waals surface area contributed by atoms with Crippen molar-refractivity contribution in [3.63, 3.8) is 0 Å². The Morgan fingerprint density at radius 2 is 1.63 bits per heavy atom. The zero-order valence-corrected chi connectivity index (χ0v) is 17.0. The molecule has 7 nitrogen and oxygen atoms in total. The van der Waals surface area contributed by atoms with Gasteiger partial charge in [-0.2, -0.15) is 9.29 Å². The average Bonchev–Trinajstić information content (AvgIpc) is 2.76. The summed E-state index contributed by atoms with van der Waals surface area (Å²) in [5, 5.41) is 0. The molecule has 30 heavy (non-hydrogen) atoms. The van der Waals surface area contributed by atoms with Crippen molar-refractivity contribution in [3.8, 4) is 11.6 Å². The fraction of sp³-hybridized carbons (Fsp3) is 0.238. The number of sulfonamides is 1. The van der Waals surface area contributed by atoms with Gasteiger partial charge in [0.15, 0.2) is 0 Å². The lowest BCUT2D eigenvalue weighted by atomic mass is 10.2. The van der Waals surface area contributed by atoms with Crippen LogP contribution >= 0.6 is 0 Å². The highest BCUT2D eigenvalue weighted by Gasteiger charge is 2.28. The second-order valence-electron chi connectivity index (χ2n) is 6.88. The first-order valence-corrected chi connectivity index (χ1v) is 11.1. The molecule has 0 spiro atoms. The molecule has 0 N–H and O–H groups in total. The van der Waals surface area contributed by atoms with Gasteiger partial charge in [0.25, 0.3) is 0 Å². The minimum Gasteiger partial charge on any atom is -0.439 e. The lowest BCUT2D eigenvalue weighted by molar-refractivity contribution is 0.380. The smallest absolute Gasteiger partial charge is 0.228 e. The van der Waals surface area contributed by atoms with E-state index >= 15 is 0 Å². The molecule has 1 aliphatic rings. The summed E-state index contributed by atoms with van der Waals surface area (Å²) in [6.45, 7) is 1.69. The van der Waals surface area contributed by atoms with E-state index in [1.54, 1.807) is 12.3 Å². The van der Waals surface area contributed by atoms with Gasteiger partial charge in [-0.25, -0.2) is 17.8 Å². The van der Waals surface area contributed by atoms with Gasteiger partial charge in [-0.15, -0.1) is 0 Å². The van der Waals surface area contributed by atoms with Gasteiger partial charge in [-0.3, -0.25) is 0 Å². The molecule has 4 rings (SSSR count). The number of benzene rings is 2. The van der Waals surface area contributed by atoms with Crippen molar-refractivity contribution in [2.24, 2.45) is 0 Å². The SMILES string of the molecule is O=S(=O)(Cc1ccccc1)N1CCN(c2nccc(Oc3ccc(F)cc3)n2)CC1. The Morgan fingerprint density at radius 3 is 2.33 bits per heavy atom. The molecule has 3 aromatic rings. The second-order valence-corrected chi connectivity index (χ2v) is 8.85. The van der Waals surface area contributed by atoms with Gasteiger partial charge < -0.3 is 9.64 Å². The molecule has 2 aromatic carbocycles. The summed E-state index contributed by atoms with van der Waals surface area (Å²) in [6.07, 6.45) is 1.58. The number of halogens is 1. The number of nitrogens with zero attached hydrogens (tertiary/aromatic N) is 4. The Hall–Kier alpha value is -3.04. The Bertz CT molecular complexity index is 1090. The Kier molecular flexibility index (Phi) is 5.91. The number of piperazine rings is 1. The zero-order chi connectivity index (χ0) is 21.0. The maximum Gasteiger partial charge on any atom is 0.228 e. The maximum atomic E-state index is 13.0. The molecule has 0 amide bonds. The summed E-state index contributed by atoms with van der Waals surface area (Å²) in [4.78, 5) is 10.6. The van der Waals surface area contributed by atoms with Crippen molar-refractivity contribution in [2.45, 2.75) is 5.75 Å². The zero-order valence-electron chi connectivity index (χ0n) is 16.2. The molecule has 0 bridgehead atoms. The van der Waals surface area contributed by atoms with Crippen LogP contribution in [0, 0.1) is 5.82 Å². The van der Waals surface area contributed by atoms with Crippen LogP contribution in [-0.4, -0.2) is 48.9 Å². The molecule has 9 heteroatoms. The molecule has 0 saturated carbocycles. The minimum absolute atomic E-state index is 0.00860. The number of anilines is 1. The first-order chi connectivity index (χ1) is 14.5. The fourth-order valence-electron chi connectivity index (χ4n) is 3.21. The van der Waals surface area contributed by atoms with Crippen LogP contribution < -0.4 is 9.64 Å². The molecule has 1 aliphatic heterocycles. The van der Waals surface area contributed by atoms with Crippen molar-refractivity contribution in [3.05, 3.63) is 78.2 Å². The molecule has 0 radical (unpaired) electrons. The van der Waals surface area contributed by atoms with Crippen LogP contribution in [0.4, 0.5) is 10.3 Å². The molecule has 2 heterocycles. The summed E-state index contributed by atoms with van der Waals surface area (Å²) < 4.78 is 45.6. The van der Waals surface area contributed by atoms with Crippen LogP contribution in [0.3, 0.4) is 0 Å². The molecule has 1 aromatic heterocycles. The van der Waals surface area contributed by atoms with Gasteiger partial charge in [0.1, 0.15) is 11.6 Å². The summed E-state index contributed by atoms with van der Waals surface area (Å²) in [5.41, 5.74) is 0.772. The molecule has 1 fully saturated rings. The van der Waals surface area contributed by atoms with Crippen LogP contribution in [0.1, 0.15) is 5.56 Å². The predicted octanol–water partition coefficient (Wildman–Crippen LogP) is 3.06. The van der Waals surface area contributed by atoms with E-state index in [0.29, 0.717) is 43.8 Å². The normalized spacial score (nSPS) is 15.2. The Balaban J connectivity index is 1.38. The summed E-state index contributed by atoms with van der Waals surface area (Å²) in [5.74, 6) is 0.926. The third-order valence-electron chi connectivity index (χ3n) is 4.76. The van der Waals surface area contributed by atoms with Crippen molar-refractivity contribution in [2.75, 3.05) is 31.1 Å². The second kappa shape index (κ2) is 8.76. The predicted molar refractivity (Wildman–Crippen MR) is 111 cm³/mol. The van der Waals surface area contributed by atoms with E-state index in [4.69, 9.17) is 4.74 Å². The third-order valence-corrected chi connectivity index (χ3v) is 6.61. The molecule has 1 saturated heterocycles. The van der Waals surface area contributed by atoms with Gasteiger partial charge in [0.05, 0.1) is 5.75 Å². The molecule has 0 atom stereocenters. The number of rotatable bonds is 6. The van der Waals surface area contributed by atoms with Crippen molar-refractivity contribution < 1.29 is 17.5 Å². The number of ether oxygens (including phenoxy) is 1. The van der Waals surface area contributed by atoms with Crippen molar-refractivity contribution in [1.82, 2.24) is 14.3 Å². The van der Waals surface area contributed by atoms with Crippen molar-refractivity contribution in [1.29, 1.82) is 0 Å². The van der Waals surface area contributed by atoms with Crippen LogP contribution in [0.2, 0.25) is 0 Å². The van der Waals surface area contributed by atoms with Gasteiger partial charge in [0, 0.05) is 38.4 Å². The van der Waals surface area contributed by atoms with E-state index in [9.17, 15) is 12.8 Å². The van der Waals surface area contributed by atoms with E-state index in [2.05, 4.69) is 9.97 Å². The number of aromatic nitrogens is 2.